The molecule has 0 unspecified atom stereocenters. The van der Waals surface area contributed by atoms with E-state index in [1.54, 1.807) is 18.3 Å². The highest BCUT2D eigenvalue weighted by Gasteiger charge is 2.43. The van der Waals surface area contributed by atoms with Crippen molar-refractivity contribution in [2.75, 3.05) is 18.4 Å². The van der Waals surface area contributed by atoms with Gasteiger partial charge in [0, 0.05) is 43.1 Å². The third-order valence-electron chi connectivity index (χ3n) is 4.28. The Morgan fingerprint density at radius 2 is 2.00 bits per heavy atom. The van der Waals surface area contributed by atoms with Gasteiger partial charge in [0.2, 0.25) is 5.91 Å². The molecule has 0 saturated carbocycles. The average molecular weight is 398 g/mol. The molecule has 27 heavy (non-hydrogen) atoms. The van der Waals surface area contributed by atoms with E-state index in [-0.39, 0.29) is 24.9 Å². The van der Waals surface area contributed by atoms with Crippen molar-refractivity contribution in [3.05, 3.63) is 29.4 Å². The van der Waals surface area contributed by atoms with Crippen LogP contribution in [-0.4, -0.2) is 45.9 Å². The van der Waals surface area contributed by atoms with Crippen LogP contribution < -0.4 is 5.32 Å². The third-order valence-corrected chi connectivity index (χ3v) is 5.19. The number of aromatic nitrogens is 2. The largest absolute Gasteiger partial charge is 0.471 e. The number of pyridine rings is 1. The molecule has 0 aromatic carbocycles. The van der Waals surface area contributed by atoms with Crippen molar-refractivity contribution in [1.82, 2.24) is 14.9 Å². The first-order chi connectivity index (χ1) is 12.7. The Balaban J connectivity index is 1.67. The average Bonchev–Trinajstić information content (AvgIpc) is 3.10. The highest BCUT2D eigenvalue weighted by atomic mass is 32.1. The molecule has 0 atom stereocenters. The number of alkyl halides is 3. The molecule has 1 aliphatic heterocycles. The van der Waals surface area contributed by atoms with Gasteiger partial charge >= 0.3 is 12.1 Å². The summed E-state index contributed by atoms with van der Waals surface area (Å²) in [5.74, 6) is -1.55. The van der Waals surface area contributed by atoms with Crippen LogP contribution in [0.2, 0.25) is 0 Å². The topological polar surface area (TPSA) is 75.2 Å². The molecule has 1 N–H and O–H groups in total. The van der Waals surface area contributed by atoms with Crippen molar-refractivity contribution in [3.63, 3.8) is 0 Å². The molecule has 1 saturated heterocycles. The molecule has 10 heteroatoms. The first-order valence-electron chi connectivity index (χ1n) is 8.29. The number of hydrogen-bond donors (Lipinski definition) is 1. The summed E-state index contributed by atoms with van der Waals surface area (Å²) in [5.41, 5.74) is 1.61. The minimum atomic E-state index is -4.83. The number of amides is 2. The second-order valence-corrected chi connectivity index (χ2v) is 7.11. The predicted octanol–water partition coefficient (Wildman–Crippen LogP) is 3.43. The van der Waals surface area contributed by atoms with E-state index in [4.69, 9.17) is 0 Å². The van der Waals surface area contributed by atoms with E-state index in [9.17, 15) is 22.8 Å². The van der Waals surface area contributed by atoms with Gasteiger partial charge in [-0.3, -0.25) is 9.59 Å². The summed E-state index contributed by atoms with van der Waals surface area (Å²) in [6, 6.07) is 3.49. The minimum absolute atomic E-state index is 0.0175. The van der Waals surface area contributed by atoms with E-state index < -0.39 is 12.1 Å². The fraction of sp³-hybridized carbons (Fsp3) is 0.412. The number of halogens is 3. The van der Waals surface area contributed by atoms with Gasteiger partial charge in [-0.15, -0.1) is 11.3 Å². The molecule has 1 fully saturated rings. The van der Waals surface area contributed by atoms with E-state index in [0.717, 1.165) is 21.2 Å². The molecule has 144 valence electrons. The molecular formula is C17H17F3N4O2S. The Hall–Kier alpha value is -2.49. The van der Waals surface area contributed by atoms with Crippen LogP contribution >= 0.6 is 11.3 Å². The maximum Gasteiger partial charge on any atom is 0.471 e. The van der Waals surface area contributed by atoms with Gasteiger partial charge < -0.3 is 10.2 Å². The summed E-state index contributed by atoms with van der Waals surface area (Å²) in [6.45, 7) is 1.53. The summed E-state index contributed by atoms with van der Waals surface area (Å²) >= 11 is 1.42. The van der Waals surface area contributed by atoms with Crippen molar-refractivity contribution in [2.24, 2.45) is 0 Å². The molecule has 0 bridgehead atoms. The van der Waals surface area contributed by atoms with E-state index in [0.29, 0.717) is 18.7 Å². The number of piperidine rings is 1. The van der Waals surface area contributed by atoms with Crippen molar-refractivity contribution in [3.8, 4) is 10.6 Å². The van der Waals surface area contributed by atoms with Crippen LogP contribution in [0.5, 0.6) is 0 Å². The van der Waals surface area contributed by atoms with E-state index in [1.165, 1.54) is 18.3 Å². The lowest BCUT2D eigenvalue weighted by Gasteiger charge is -2.31. The summed E-state index contributed by atoms with van der Waals surface area (Å²) in [5, 5.41) is 5.24. The van der Waals surface area contributed by atoms with Crippen LogP contribution in [0.4, 0.5) is 19.0 Å². The van der Waals surface area contributed by atoms with Crippen LogP contribution in [0.1, 0.15) is 31.4 Å². The molecule has 0 radical (unpaired) electrons. The molecular weight excluding hydrogens is 381 g/mol. The highest BCUT2D eigenvalue weighted by molar-refractivity contribution is 7.13. The van der Waals surface area contributed by atoms with Gasteiger partial charge in [0.15, 0.2) is 0 Å². The van der Waals surface area contributed by atoms with Crippen molar-refractivity contribution < 1.29 is 22.8 Å². The molecule has 2 aromatic rings. The van der Waals surface area contributed by atoms with E-state index >= 15 is 0 Å². The molecule has 6 nitrogen and oxygen atoms in total. The number of hydrogen-bond acceptors (Lipinski definition) is 5. The van der Waals surface area contributed by atoms with Gasteiger partial charge in [-0.1, -0.05) is 0 Å². The minimum Gasteiger partial charge on any atom is -0.335 e. The fourth-order valence-corrected chi connectivity index (χ4v) is 3.87. The number of nitrogens with one attached hydrogen (secondary N) is 1. The molecule has 2 amide bonds. The van der Waals surface area contributed by atoms with Crippen molar-refractivity contribution in [1.29, 1.82) is 0 Å². The molecule has 3 heterocycles. The van der Waals surface area contributed by atoms with E-state index in [2.05, 4.69) is 15.3 Å². The molecule has 0 aliphatic carbocycles. The Kier molecular flexibility index (Phi) is 5.45. The number of anilines is 1. The smallest absolute Gasteiger partial charge is 0.335 e. The standard InChI is InChI=1S/C17H17F3N4O2S/c1-10(25)22-14-8-12(2-5-21-14)15-23-13(9-27-15)11-3-6-24(7-4-11)16(26)17(18,19)20/h2,5,8-9,11H,3-4,6-7H2,1H3,(H,21,22,25). The lowest BCUT2D eigenvalue weighted by Crippen LogP contribution is -2.45. The Labute approximate surface area is 157 Å². The SMILES string of the molecule is CC(=O)Nc1cc(-c2nc(C3CCN(C(=O)C(F)(F)F)CC3)cs2)ccn1. The molecule has 0 spiro atoms. The first kappa shape index (κ1) is 19.3. The Morgan fingerprint density at radius 3 is 2.63 bits per heavy atom. The normalized spacial score (nSPS) is 15.6. The van der Waals surface area contributed by atoms with Crippen LogP contribution in [0, 0.1) is 0 Å². The third kappa shape index (κ3) is 4.62. The van der Waals surface area contributed by atoms with Crippen molar-refractivity contribution >= 4 is 29.0 Å². The quantitative estimate of drug-likeness (QED) is 0.860. The molecule has 3 rings (SSSR count). The zero-order chi connectivity index (χ0) is 19.6. The van der Waals surface area contributed by atoms with Crippen LogP contribution in [0.25, 0.3) is 10.6 Å². The predicted molar refractivity (Wildman–Crippen MR) is 94.3 cm³/mol. The number of nitrogens with zero attached hydrogens (tertiary/aromatic N) is 3. The Morgan fingerprint density at radius 1 is 1.30 bits per heavy atom. The van der Waals surface area contributed by atoms with Crippen LogP contribution in [0.3, 0.4) is 0 Å². The second kappa shape index (κ2) is 7.63. The monoisotopic (exact) mass is 398 g/mol. The number of rotatable bonds is 3. The number of carbonyl (C=O) groups is 2. The summed E-state index contributed by atoms with van der Waals surface area (Å²) in [4.78, 5) is 32.0. The van der Waals surface area contributed by atoms with Crippen molar-refractivity contribution in [2.45, 2.75) is 31.9 Å². The second-order valence-electron chi connectivity index (χ2n) is 6.25. The molecule has 2 aromatic heterocycles. The summed E-state index contributed by atoms with van der Waals surface area (Å²) in [6.07, 6.45) is -2.37. The lowest BCUT2D eigenvalue weighted by molar-refractivity contribution is -0.186. The van der Waals surface area contributed by atoms with Gasteiger partial charge in [0.05, 0.1) is 5.69 Å². The van der Waals surface area contributed by atoms with Gasteiger partial charge in [0.1, 0.15) is 10.8 Å². The number of thiazole rings is 1. The number of carbonyl (C=O) groups excluding carboxylic acids is 2. The van der Waals surface area contributed by atoms with Crippen LogP contribution in [-0.2, 0) is 9.59 Å². The van der Waals surface area contributed by atoms with Gasteiger partial charge in [-0.05, 0) is 25.0 Å². The first-order valence-corrected chi connectivity index (χ1v) is 9.17. The highest BCUT2D eigenvalue weighted by Crippen LogP contribution is 2.33. The maximum absolute atomic E-state index is 12.5. The van der Waals surface area contributed by atoms with Gasteiger partial charge in [-0.2, -0.15) is 13.2 Å². The van der Waals surface area contributed by atoms with E-state index in [1.807, 2.05) is 5.38 Å². The zero-order valence-corrected chi connectivity index (χ0v) is 15.2. The maximum atomic E-state index is 12.5. The van der Waals surface area contributed by atoms with Gasteiger partial charge in [0.25, 0.3) is 0 Å². The van der Waals surface area contributed by atoms with Gasteiger partial charge in [-0.25, -0.2) is 9.97 Å². The summed E-state index contributed by atoms with van der Waals surface area (Å²) < 4.78 is 37.6. The molecule has 1 aliphatic rings. The number of likely N-dealkylation sites (tertiary alicyclic amines) is 1. The fourth-order valence-electron chi connectivity index (χ4n) is 2.98. The van der Waals surface area contributed by atoms with Crippen LogP contribution in [0.15, 0.2) is 23.7 Å². The lowest BCUT2D eigenvalue weighted by atomic mass is 9.94. The Bertz CT molecular complexity index is 845. The summed E-state index contributed by atoms with van der Waals surface area (Å²) in [7, 11) is 0. The zero-order valence-electron chi connectivity index (χ0n) is 14.4.